The SMILES string of the molecule is Cc1cc(C(=O)Nc2ccccc2F)nc(NCCc2c[nH]c3ccccc23)n1. The first kappa shape index (κ1) is 18.6. The topological polar surface area (TPSA) is 82.7 Å². The first-order valence-corrected chi connectivity index (χ1v) is 9.30. The number of halogens is 1. The molecule has 2 heterocycles. The maximum atomic E-state index is 13.8. The third-order valence-corrected chi connectivity index (χ3v) is 4.56. The number of aromatic amines is 1. The second-order valence-corrected chi connectivity index (χ2v) is 6.69. The van der Waals surface area contributed by atoms with Gasteiger partial charge in [-0.3, -0.25) is 4.79 Å². The molecule has 0 saturated carbocycles. The Bertz CT molecular complexity index is 1170. The lowest BCUT2D eigenvalue weighted by Crippen LogP contribution is -2.17. The monoisotopic (exact) mass is 389 g/mol. The van der Waals surface area contributed by atoms with Gasteiger partial charge in [0, 0.05) is 29.3 Å². The summed E-state index contributed by atoms with van der Waals surface area (Å²) in [6.45, 7) is 2.39. The molecule has 0 spiro atoms. The summed E-state index contributed by atoms with van der Waals surface area (Å²) < 4.78 is 13.8. The van der Waals surface area contributed by atoms with E-state index < -0.39 is 11.7 Å². The summed E-state index contributed by atoms with van der Waals surface area (Å²) in [5.74, 6) is -0.618. The van der Waals surface area contributed by atoms with Crippen molar-refractivity contribution in [3.8, 4) is 0 Å². The van der Waals surface area contributed by atoms with E-state index in [0.29, 0.717) is 18.2 Å². The van der Waals surface area contributed by atoms with Gasteiger partial charge in [-0.1, -0.05) is 30.3 Å². The number of carbonyl (C=O) groups is 1. The van der Waals surface area contributed by atoms with E-state index in [1.807, 2.05) is 24.4 Å². The lowest BCUT2D eigenvalue weighted by Gasteiger charge is -2.09. The van der Waals surface area contributed by atoms with E-state index in [9.17, 15) is 9.18 Å². The van der Waals surface area contributed by atoms with Crippen LogP contribution in [-0.2, 0) is 6.42 Å². The number of amides is 1. The molecule has 0 unspecified atom stereocenters. The molecular weight excluding hydrogens is 369 g/mol. The van der Waals surface area contributed by atoms with E-state index in [-0.39, 0.29) is 11.4 Å². The molecule has 4 aromatic rings. The summed E-state index contributed by atoms with van der Waals surface area (Å²) in [5, 5.41) is 6.90. The van der Waals surface area contributed by atoms with Gasteiger partial charge in [0.1, 0.15) is 11.5 Å². The van der Waals surface area contributed by atoms with Crippen LogP contribution in [0.1, 0.15) is 21.7 Å². The molecule has 0 saturated heterocycles. The average molecular weight is 389 g/mol. The molecule has 6 nitrogen and oxygen atoms in total. The van der Waals surface area contributed by atoms with E-state index in [0.717, 1.165) is 11.9 Å². The maximum Gasteiger partial charge on any atom is 0.274 e. The predicted octanol–water partition coefficient (Wildman–Crippen LogP) is 4.31. The highest BCUT2D eigenvalue weighted by Gasteiger charge is 2.13. The predicted molar refractivity (Wildman–Crippen MR) is 112 cm³/mol. The Hall–Kier alpha value is -3.74. The van der Waals surface area contributed by atoms with Crippen LogP contribution in [0.4, 0.5) is 16.0 Å². The van der Waals surface area contributed by atoms with Crippen LogP contribution in [0.2, 0.25) is 0 Å². The number of carbonyl (C=O) groups excluding carboxylic acids is 1. The molecule has 0 radical (unpaired) electrons. The van der Waals surface area contributed by atoms with Crippen molar-refractivity contribution in [3.05, 3.63) is 83.6 Å². The van der Waals surface area contributed by atoms with Gasteiger partial charge in [-0.2, -0.15) is 0 Å². The van der Waals surface area contributed by atoms with Crippen LogP contribution in [0.5, 0.6) is 0 Å². The number of hydrogen-bond acceptors (Lipinski definition) is 4. The zero-order chi connectivity index (χ0) is 20.2. The number of rotatable bonds is 6. The summed E-state index contributed by atoms with van der Waals surface area (Å²) in [5.41, 5.74) is 3.23. The fraction of sp³-hybridized carbons (Fsp3) is 0.136. The van der Waals surface area contributed by atoms with Crippen molar-refractivity contribution < 1.29 is 9.18 Å². The second-order valence-electron chi connectivity index (χ2n) is 6.69. The third-order valence-electron chi connectivity index (χ3n) is 4.56. The van der Waals surface area contributed by atoms with E-state index in [2.05, 4.69) is 31.7 Å². The number of nitrogens with one attached hydrogen (secondary N) is 3. The van der Waals surface area contributed by atoms with Gasteiger partial charge in [0.15, 0.2) is 0 Å². The van der Waals surface area contributed by atoms with Crippen molar-refractivity contribution in [1.29, 1.82) is 0 Å². The number of para-hydroxylation sites is 2. The highest BCUT2D eigenvalue weighted by molar-refractivity contribution is 6.03. The van der Waals surface area contributed by atoms with Gasteiger partial charge < -0.3 is 15.6 Å². The Kier molecular flexibility index (Phi) is 5.20. The number of aryl methyl sites for hydroxylation is 1. The Labute approximate surface area is 167 Å². The number of aromatic nitrogens is 3. The summed E-state index contributed by atoms with van der Waals surface area (Å²) >= 11 is 0. The molecule has 4 rings (SSSR count). The van der Waals surface area contributed by atoms with Crippen LogP contribution >= 0.6 is 0 Å². The van der Waals surface area contributed by atoms with Gasteiger partial charge in [0.05, 0.1) is 5.69 Å². The van der Waals surface area contributed by atoms with Crippen LogP contribution in [0.25, 0.3) is 10.9 Å². The van der Waals surface area contributed by atoms with Crippen molar-refractivity contribution >= 4 is 28.4 Å². The zero-order valence-electron chi connectivity index (χ0n) is 15.9. The summed E-state index contributed by atoms with van der Waals surface area (Å²) in [6.07, 6.45) is 2.77. The van der Waals surface area contributed by atoms with Crippen LogP contribution < -0.4 is 10.6 Å². The normalized spacial score (nSPS) is 10.8. The molecule has 146 valence electrons. The van der Waals surface area contributed by atoms with Gasteiger partial charge in [-0.25, -0.2) is 14.4 Å². The van der Waals surface area contributed by atoms with Gasteiger partial charge in [0.25, 0.3) is 5.91 Å². The van der Waals surface area contributed by atoms with E-state index in [1.165, 1.54) is 23.1 Å². The van der Waals surface area contributed by atoms with Crippen molar-refractivity contribution in [1.82, 2.24) is 15.0 Å². The van der Waals surface area contributed by atoms with Crippen LogP contribution in [0, 0.1) is 12.7 Å². The molecule has 2 aromatic carbocycles. The lowest BCUT2D eigenvalue weighted by atomic mass is 10.1. The molecule has 0 aliphatic heterocycles. The first-order chi connectivity index (χ1) is 14.1. The summed E-state index contributed by atoms with van der Waals surface area (Å²) in [7, 11) is 0. The third kappa shape index (κ3) is 4.24. The van der Waals surface area contributed by atoms with Gasteiger partial charge in [-0.05, 0) is 43.2 Å². The van der Waals surface area contributed by atoms with E-state index >= 15 is 0 Å². The van der Waals surface area contributed by atoms with Crippen molar-refractivity contribution in [3.63, 3.8) is 0 Å². The van der Waals surface area contributed by atoms with Gasteiger partial charge in [0.2, 0.25) is 5.95 Å². The largest absolute Gasteiger partial charge is 0.361 e. The highest BCUT2D eigenvalue weighted by atomic mass is 19.1. The standard InChI is InChI=1S/C22H20FN5O/c1-14-12-20(21(29)27-19-9-5-3-7-17(19)23)28-22(26-14)24-11-10-15-13-25-18-8-4-2-6-16(15)18/h2-9,12-13,25H,10-11H2,1H3,(H,27,29)(H,24,26,28). The van der Waals surface area contributed by atoms with Crippen molar-refractivity contribution in [2.24, 2.45) is 0 Å². The Balaban J connectivity index is 1.44. The summed E-state index contributed by atoms with van der Waals surface area (Å²) in [4.78, 5) is 24.3. The number of anilines is 2. The molecule has 3 N–H and O–H groups in total. The first-order valence-electron chi connectivity index (χ1n) is 9.30. The smallest absolute Gasteiger partial charge is 0.274 e. The molecule has 0 atom stereocenters. The quantitative estimate of drug-likeness (QED) is 0.459. The van der Waals surface area contributed by atoms with Crippen molar-refractivity contribution in [2.75, 3.05) is 17.2 Å². The Morgan fingerprint density at radius 2 is 1.90 bits per heavy atom. The van der Waals surface area contributed by atoms with Crippen LogP contribution in [-0.4, -0.2) is 27.4 Å². The Morgan fingerprint density at radius 3 is 2.76 bits per heavy atom. The molecule has 0 fully saturated rings. The van der Waals surface area contributed by atoms with Crippen molar-refractivity contribution in [2.45, 2.75) is 13.3 Å². The minimum Gasteiger partial charge on any atom is -0.361 e. The molecule has 0 bridgehead atoms. The minimum absolute atomic E-state index is 0.114. The second kappa shape index (κ2) is 8.10. The number of fused-ring (bicyclic) bond motifs is 1. The van der Waals surface area contributed by atoms with E-state index in [4.69, 9.17) is 0 Å². The maximum absolute atomic E-state index is 13.8. The molecule has 29 heavy (non-hydrogen) atoms. The van der Waals surface area contributed by atoms with Gasteiger partial charge >= 0.3 is 0 Å². The van der Waals surface area contributed by atoms with E-state index in [1.54, 1.807) is 25.1 Å². The number of hydrogen-bond donors (Lipinski definition) is 3. The number of H-pyrrole nitrogens is 1. The molecule has 0 aliphatic rings. The minimum atomic E-state index is -0.497. The fourth-order valence-electron chi connectivity index (χ4n) is 3.16. The molecule has 2 aromatic heterocycles. The molecule has 1 amide bonds. The summed E-state index contributed by atoms with van der Waals surface area (Å²) in [6, 6.07) is 15.7. The lowest BCUT2D eigenvalue weighted by molar-refractivity contribution is 0.102. The number of nitrogens with zero attached hydrogens (tertiary/aromatic N) is 2. The average Bonchev–Trinajstić information content (AvgIpc) is 3.12. The number of benzene rings is 2. The Morgan fingerprint density at radius 1 is 1.10 bits per heavy atom. The zero-order valence-corrected chi connectivity index (χ0v) is 15.9. The van der Waals surface area contributed by atoms with Crippen LogP contribution in [0.3, 0.4) is 0 Å². The molecule has 7 heteroatoms. The molecular formula is C22H20FN5O. The van der Waals surface area contributed by atoms with Gasteiger partial charge in [-0.15, -0.1) is 0 Å². The van der Waals surface area contributed by atoms with Crippen LogP contribution in [0.15, 0.2) is 60.8 Å². The molecule has 0 aliphatic carbocycles. The fourth-order valence-corrected chi connectivity index (χ4v) is 3.16. The highest BCUT2D eigenvalue weighted by Crippen LogP contribution is 2.18.